The van der Waals surface area contributed by atoms with Crippen LogP contribution in [0, 0.1) is 5.82 Å². The highest BCUT2D eigenvalue weighted by atomic mass is 32.2. The number of sulfonamides is 1. The van der Waals surface area contributed by atoms with Crippen LogP contribution in [0.25, 0.3) is 10.9 Å². The zero-order chi connectivity index (χ0) is 20.7. The highest BCUT2D eigenvalue weighted by molar-refractivity contribution is 7.99. The molecule has 1 saturated heterocycles. The minimum absolute atomic E-state index is 0.00989. The molecule has 3 N–H and O–H groups in total. The maximum Gasteiger partial charge on any atom is 0.215 e. The molecular weight excluding hydrogens is 413 g/mol. The molecule has 1 aliphatic rings. The third-order valence-corrected chi connectivity index (χ3v) is 7.54. The summed E-state index contributed by atoms with van der Waals surface area (Å²) in [5, 5.41) is 7.23. The summed E-state index contributed by atoms with van der Waals surface area (Å²) in [6, 6.07) is 4.70. The van der Waals surface area contributed by atoms with Crippen LogP contribution < -0.4 is 10.6 Å². The SMILES string of the molecule is CCNC(=NCCS(=O)(=O)N1CCSCC1)NCCc1c[nH]c2ccc(F)cc12. The topological polar surface area (TPSA) is 89.6 Å². The number of nitrogens with zero attached hydrogens (tertiary/aromatic N) is 2. The van der Waals surface area contributed by atoms with Gasteiger partial charge in [0, 0.05) is 54.8 Å². The van der Waals surface area contributed by atoms with Gasteiger partial charge in [-0.3, -0.25) is 4.99 Å². The summed E-state index contributed by atoms with van der Waals surface area (Å²) in [7, 11) is -3.26. The number of guanidine groups is 1. The summed E-state index contributed by atoms with van der Waals surface area (Å²) in [5.74, 6) is 2.04. The monoisotopic (exact) mass is 441 g/mol. The quantitative estimate of drug-likeness (QED) is 0.429. The molecule has 0 bridgehead atoms. The van der Waals surface area contributed by atoms with Gasteiger partial charge in [-0.1, -0.05) is 0 Å². The molecule has 0 unspecified atom stereocenters. The number of aromatic amines is 1. The van der Waals surface area contributed by atoms with E-state index in [4.69, 9.17) is 0 Å². The molecule has 29 heavy (non-hydrogen) atoms. The van der Waals surface area contributed by atoms with Crippen molar-refractivity contribution in [1.82, 2.24) is 19.9 Å². The van der Waals surface area contributed by atoms with Gasteiger partial charge in [-0.2, -0.15) is 11.8 Å². The van der Waals surface area contributed by atoms with E-state index >= 15 is 0 Å². The smallest absolute Gasteiger partial charge is 0.215 e. The molecule has 3 rings (SSSR count). The molecule has 0 atom stereocenters. The molecule has 1 aromatic heterocycles. The number of fused-ring (bicyclic) bond motifs is 1. The van der Waals surface area contributed by atoms with Crippen LogP contribution in [-0.4, -0.2) is 73.6 Å². The Labute approximate surface area is 175 Å². The van der Waals surface area contributed by atoms with E-state index in [9.17, 15) is 12.8 Å². The number of benzene rings is 1. The lowest BCUT2D eigenvalue weighted by molar-refractivity contribution is 0.444. The van der Waals surface area contributed by atoms with E-state index < -0.39 is 10.0 Å². The van der Waals surface area contributed by atoms with Gasteiger partial charge in [0.1, 0.15) is 5.82 Å². The van der Waals surface area contributed by atoms with E-state index in [2.05, 4.69) is 20.6 Å². The van der Waals surface area contributed by atoms with Crippen molar-refractivity contribution in [3.05, 3.63) is 35.8 Å². The Morgan fingerprint density at radius 2 is 2.10 bits per heavy atom. The summed E-state index contributed by atoms with van der Waals surface area (Å²) in [4.78, 5) is 7.55. The van der Waals surface area contributed by atoms with Crippen molar-refractivity contribution in [2.75, 3.05) is 50.0 Å². The van der Waals surface area contributed by atoms with Crippen LogP contribution in [-0.2, 0) is 16.4 Å². The van der Waals surface area contributed by atoms with Gasteiger partial charge in [-0.05, 0) is 37.1 Å². The first-order valence-electron chi connectivity index (χ1n) is 9.83. The molecule has 160 valence electrons. The second kappa shape index (κ2) is 10.3. The summed E-state index contributed by atoms with van der Waals surface area (Å²) < 4.78 is 39.9. The van der Waals surface area contributed by atoms with Crippen molar-refractivity contribution < 1.29 is 12.8 Å². The van der Waals surface area contributed by atoms with E-state index in [0.29, 0.717) is 38.6 Å². The number of nitrogens with one attached hydrogen (secondary N) is 3. The Bertz CT molecular complexity index is 939. The van der Waals surface area contributed by atoms with E-state index in [0.717, 1.165) is 28.0 Å². The minimum atomic E-state index is -3.26. The number of rotatable bonds is 8. The Balaban J connectivity index is 1.53. The predicted octanol–water partition coefficient (Wildman–Crippen LogP) is 1.78. The summed E-state index contributed by atoms with van der Waals surface area (Å²) in [6.45, 7) is 4.62. The standard InChI is InChI=1S/C19H28FN5O2S2/c1-2-21-19(23-7-12-29(26,27)25-8-10-28-11-9-25)22-6-5-15-14-24-18-4-3-16(20)13-17(15)18/h3-4,13-14,24H,2,5-12H2,1H3,(H2,21,22,23). The number of H-pyrrole nitrogens is 1. The van der Waals surface area contributed by atoms with Crippen molar-refractivity contribution >= 4 is 38.6 Å². The fraction of sp³-hybridized carbons (Fsp3) is 0.526. The third kappa shape index (κ3) is 6.10. The maximum absolute atomic E-state index is 13.5. The maximum atomic E-state index is 13.5. The molecule has 0 saturated carbocycles. The number of thioether (sulfide) groups is 1. The highest BCUT2D eigenvalue weighted by Crippen LogP contribution is 2.19. The Hall–Kier alpha value is -1.78. The van der Waals surface area contributed by atoms with Gasteiger partial charge >= 0.3 is 0 Å². The lowest BCUT2D eigenvalue weighted by atomic mass is 10.1. The molecule has 7 nitrogen and oxygen atoms in total. The molecule has 1 fully saturated rings. The molecule has 0 radical (unpaired) electrons. The Kier molecular flexibility index (Phi) is 7.79. The van der Waals surface area contributed by atoms with Crippen molar-refractivity contribution in [3.63, 3.8) is 0 Å². The van der Waals surface area contributed by atoms with Crippen molar-refractivity contribution in [3.8, 4) is 0 Å². The average molecular weight is 442 g/mol. The van der Waals surface area contributed by atoms with Gasteiger partial charge in [0.05, 0.1) is 12.3 Å². The Morgan fingerprint density at radius 1 is 1.31 bits per heavy atom. The van der Waals surface area contributed by atoms with E-state index in [1.807, 2.05) is 13.1 Å². The fourth-order valence-electron chi connectivity index (χ4n) is 3.24. The highest BCUT2D eigenvalue weighted by Gasteiger charge is 2.23. The number of hydrogen-bond acceptors (Lipinski definition) is 4. The van der Waals surface area contributed by atoms with Crippen LogP contribution in [0.4, 0.5) is 4.39 Å². The van der Waals surface area contributed by atoms with Crippen LogP contribution in [0.1, 0.15) is 12.5 Å². The first kappa shape index (κ1) is 21.9. The summed E-state index contributed by atoms with van der Waals surface area (Å²) >= 11 is 1.78. The molecule has 1 aliphatic heterocycles. The summed E-state index contributed by atoms with van der Waals surface area (Å²) in [6.07, 6.45) is 2.58. The van der Waals surface area contributed by atoms with Gasteiger partial charge in [-0.15, -0.1) is 0 Å². The molecule has 0 spiro atoms. The zero-order valence-electron chi connectivity index (χ0n) is 16.6. The van der Waals surface area contributed by atoms with Crippen LogP contribution >= 0.6 is 11.8 Å². The largest absolute Gasteiger partial charge is 0.361 e. The van der Waals surface area contributed by atoms with Crippen LogP contribution in [0.3, 0.4) is 0 Å². The molecule has 0 amide bonds. The molecule has 2 aromatic rings. The zero-order valence-corrected chi connectivity index (χ0v) is 18.2. The van der Waals surface area contributed by atoms with Crippen molar-refractivity contribution in [2.45, 2.75) is 13.3 Å². The van der Waals surface area contributed by atoms with Gasteiger partial charge in [0.2, 0.25) is 10.0 Å². The average Bonchev–Trinajstić information content (AvgIpc) is 3.10. The molecule has 2 heterocycles. The van der Waals surface area contributed by atoms with Crippen molar-refractivity contribution in [2.24, 2.45) is 4.99 Å². The number of hydrogen-bond donors (Lipinski definition) is 3. The van der Waals surface area contributed by atoms with Gasteiger partial charge in [0.25, 0.3) is 0 Å². The number of halogens is 1. The van der Waals surface area contributed by atoms with Gasteiger partial charge < -0.3 is 15.6 Å². The fourth-order valence-corrected chi connectivity index (χ4v) is 5.69. The second-order valence-electron chi connectivity index (χ2n) is 6.77. The first-order valence-corrected chi connectivity index (χ1v) is 12.6. The lowest BCUT2D eigenvalue weighted by Crippen LogP contribution is -2.41. The van der Waals surface area contributed by atoms with E-state index in [1.54, 1.807) is 22.1 Å². The molecular formula is C19H28FN5O2S2. The van der Waals surface area contributed by atoms with Crippen LogP contribution in [0.15, 0.2) is 29.4 Å². The molecule has 0 aliphatic carbocycles. The normalized spacial score (nSPS) is 16.3. The molecule has 10 heteroatoms. The third-order valence-electron chi connectivity index (χ3n) is 4.74. The van der Waals surface area contributed by atoms with Crippen LogP contribution in [0.5, 0.6) is 0 Å². The van der Waals surface area contributed by atoms with Gasteiger partial charge in [-0.25, -0.2) is 17.1 Å². The van der Waals surface area contributed by atoms with Crippen molar-refractivity contribution in [1.29, 1.82) is 0 Å². The summed E-state index contributed by atoms with van der Waals surface area (Å²) in [5.41, 5.74) is 1.93. The van der Waals surface area contributed by atoms with E-state index in [-0.39, 0.29) is 18.1 Å². The minimum Gasteiger partial charge on any atom is -0.361 e. The predicted molar refractivity (Wildman–Crippen MR) is 119 cm³/mol. The lowest BCUT2D eigenvalue weighted by Gasteiger charge is -2.25. The first-order chi connectivity index (χ1) is 14.0. The van der Waals surface area contributed by atoms with E-state index in [1.165, 1.54) is 12.1 Å². The Morgan fingerprint density at radius 3 is 2.86 bits per heavy atom. The van der Waals surface area contributed by atoms with Crippen LogP contribution in [0.2, 0.25) is 0 Å². The van der Waals surface area contributed by atoms with Gasteiger partial charge in [0.15, 0.2) is 5.96 Å². The number of aliphatic imine (C=N–C) groups is 1. The second-order valence-corrected chi connectivity index (χ2v) is 10.1. The molecule has 1 aromatic carbocycles. The number of aromatic nitrogens is 1.